The average Bonchev–Trinajstić information content (AvgIpc) is 3.55. The number of nitrogens with zero attached hydrogens (tertiary/aromatic N) is 3. The van der Waals surface area contributed by atoms with Gasteiger partial charge in [-0.1, -0.05) is 103 Å². The van der Waals surface area contributed by atoms with Crippen molar-refractivity contribution in [2.75, 3.05) is 14.6 Å². The zero-order valence-electron chi connectivity index (χ0n) is 27.6. The van der Waals surface area contributed by atoms with Crippen molar-refractivity contribution in [3.8, 4) is 11.1 Å². The second kappa shape index (κ2) is 11.5. The lowest BCUT2D eigenvalue weighted by molar-refractivity contribution is 1.26. The number of aryl methyl sites for hydroxylation is 1. The quantitative estimate of drug-likeness (QED) is 0.171. The molecule has 10 rings (SSSR count). The van der Waals surface area contributed by atoms with Gasteiger partial charge in [0.2, 0.25) is 0 Å². The molecule has 2 aliphatic rings. The maximum absolute atomic E-state index is 2.61. The highest BCUT2D eigenvalue weighted by molar-refractivity contribution is 7.26. The molecule has 0 fully saturated rings. The van der Waals surface area contributed by atoms with E-state index in [1.807, 2.05) is 11.3 Å². The van der Waals surface area contributed by atoms with Gasteiger partial charge in [-0.2, -0.15) is 0 Å². The van der Waals surface area contributed by atoms with Gasteiger partial charge < -0.3 is 14.6 Å². The highest BCUT2D eigenvalue weighted by atomic mass is 32.1. The van der Waals surface area contributed by atoms with Crippen molar-refractivity contribution in [2.24, 2.45) is 0 Å². The number of para-hydroxylation sites is 4. The summed E-state index contributed by atoms with van der Waals surface area (Å²) in [5.41, 5.74) is 14.7. The Balaban J connectivity index is 1.30. The van der Waals surface area contributed by atoms with Crippen LogP contribution < -0.4 is 25.5 Å². The van der Waals surface area contributed by atoms with Gasteiger partial charge in [0.25, 0.3) is 0 Å². The van der Waals surface area contributed by atoms with E-state index in [1.54, 1.807) is 0 Å². The number of rotatable bonds is 5. The summed E-state index contributed by atoms with van der Waals surface area (Å²) in [4.78, 5) is 7.48. The summed E-state index contributed by atoms with van der Waals surface area (Å²) in [5, 5.41) is 2.59. The van der Waals surface area contributed by atoms with Gasteiger partial charge in [0.15, 0.2) is 0 Å². The predicted octanol–water partition coefficient (Wildman–Crippen LogP) is 11.4. The van der Waals surface area contributed by atoms with Crippen molar-refractivity contribution in [3.05, 3.63) is 181 Å². The Kier molecular flexibility index (Phi) is 6.68. The molecule has 5 heteroatoms. The normalized spacial score (nSPS) is 12.8. The van der Waals surface area contributed by atoms with E-state index in [-0.39, 0.29) is 6.85 Å². The van der Waals surface area contributed by atoms with Crippen molar-refractivity contribution in [3.63, 3.8) is 0 Å². The molecule has 50 heavy (non-hydrogen) atoms. The Morgan fingerprint density at radius 2 is 1.10 bits per heavy atom. The molecule has 8 aromatic rings. The van der Waals surface area contributed by atoms with E-state index in [0.29, 0.717) is 0 Å². The lowest BCUT2D eigenvalue weighted by Crippen LogP contribution is -2.61. The van der Waals surface area contributed by atoms with E-state index in [4.69, 9.17) is 0 Å². The molecular weight excluding hydrogens is 625 g/mol. The summed E-state index contributed by atoms with van der Waals surface area (Å²) >= 11 is 1.89. The molecule has 3 nitrogen and oxygen atoms in total. The Labute approximate surface area is 297 Å². The van der Waals surface area contributed by atoms with Crippen LogP contribution in [0.1, 0.15) is 5.56 Å². The molecule has 0 unspecified atom stereocenters. The van der Waals surface area contributed by atoms with Crippen LogP contribution in [0.15, 0.2) is 176 Å². The number of anilines is 8. The van der Waals surface area contributed by atoms with Crippen LogP contribution in [0.2, 0.25) is 0 Å². The fourth-order valence-electron chi connectivity index (χ4n) is 8.01. The molecule has 0 bridgehead atoms. The average molecular weight is 658 g/mol. The second-order valence-corrected chi connectivity index (χ2v) is 14.1. The first-order valence-electron chi connectivity index (χ1n) is 17.1. The molecule has 2 aliphatic heterocycles. The van der Waals surface area contributed by atoms with Crippen molar-refractivity contribution >= 4 is 84.0 Å². The van der Waals surface area contributed by atoms with Crippen LogP contribution in [0.4, 0.5) is 44.8 Å². The number of thiophene rings is 1. The molecule has 7 aromatic carbocycles. The maximum atomic E-state index is 2.61. The van der Waals surface area contributed by atoms with E-state index in [1.165, 1.54) is 65.5 Å². The molecule has 0 amide bonds. The third-order valence-electron chi connectivity index (χ3n) is 10.0. The monoisotopic (exact) mass is 657 g/mol. The summed E-state index contributed by atoms with van der Waals surface area (Å²) in [7, 11) is 0. The summed E-state index contributed by atoms with van der Waals surface area (Å²) in [6, 6.07) is 64.0. The molecular formula is C45H32BN3S. The predicted molar refractivity (Wildman–Crippen MR) is 215 cm³/mol. The fraction of sp³-hybridized carbons (Fsp3) is 0.0222. The van der Waals surface area contributed by atoms with E-state index >= 15 is 0 Å². The number of hydrogen-bond acceptors (Lipinski definition) is 4. The van der Waals surface area contributed by atoms with Crippen LogP contribution in [0, 0.1) is 6.92 Å². The Morgan fingerprint density at radius 1 is 0.500 bits per heavy atom. The van der Waals surface area contributed by atoms with Crippen LogP contribution in [0.25, 0.3) is 21.2 Å². The third kappa shape index (κ3) is 4.44. The van der Waals surface area contributed by atoms with Gasteiger partial charge in [-0.3, -0.25) is 0 Å². The van der Waals surface area contributed by atoms with Crippen LogP contribution in [0.5, 0.6) is 0 Å². The minimum Gasteiger partial charge on any atom is -0.376 e. The first-order chi connectivity index (χ1) is 24.7. The molecule has 236 valence electrons. The molecule has 1 aromatic heterocycles. The number of hydrogen-bond donors (Lipinski definition) is 0. The van der Waals surface area contributed by atoms with Gasteiger partial charge >= 0.3 is 6.85 Å². The third-order valence-corrected chi connectivity index (χ3v) is 11.2. The molecule has 3 heterocycles. The van der Waals surface area contributed by atoms with Gasteiger partial charge in [-0.25, -0.2) is 0 Å². The van der Waals surface area contributed by atoms with Crippen LogP contribution in [-0.2, 0) is 0 Å². The van der Waals surface area contributed by atoms with E-state index in [0.717, 1.165) is 17.1 Å². The summed E-state index contributed by atoms with van der Waals surface area (Å²) in [6.07, 6.45) is 0. The summed E-state index contributed by atoms with van der Waals surface area (Å²) in [5.74, 6) is 0. The maximum Gasteiger partial charge on any atom is 0.334 e. The zero-order valence-corrected chi connectivity index (χ0v) is 28.4. The molecule has 0 spiro atoms. The Hall–Kier alpha value is -6.04. The smallest absolute Gasteiger partial charge is 0.334 e. The summed E-state index contributed by atoms with van der Waals surface area (Å²) < 4.78 is 1.30. The summed E-state index contributed by atoms with van der Waals surface area (Å²) in [6.45, 7) is 2.21. The molecule has 0 radical (unpaired) electrons. The lowest BCUT2D eigenvalue weighted by Gasteiger charge is -2.45. The van der Waals surface area contributed by atoms with E-state index in [9.17, 15) is 0 Å². The largest absolute Gasteiger partial charge is 0.376 e. The van der Waals surface area contributed by atoms with Crippen molar-refractivity contribution in [1.29, 1.82) is 0 Å². The minimum absolute atomic E-state index is 0.0289. The first-order valence-corrected chi connectivity index (χ1v) is 18.0. The van der Waals surface area contributed by atoms with Crippen molar-refractivity contribution in [1.82, 2.24) is 0 Å². The minimum atomic E-state index is -0.0289. The second-order valence-electron chi connectivity index (χ2n) is 13.0. The molecule has 0 saturated carbocycles. The van der Waals surface area contributed by atoms with Crippen LogP contribution in [0.3, 0.4) is 0 Å². The van der Waals surface area contributed by atoms with Crippen molar-refractivity contribution in [2.45, 2.75) is 6.92 Å². The molecule has 0 N–H and O–H groups in total. The molecule has 0 atom stereocenters. The fourth-order valence-corrected chi connectivity index (χ4v) is 9.27. The zero-order chi connectivity index (χ0) is 33.2. The number of benzene rings is 7. The first kappa shape index (κ1) is 28.9. The SMILES string of the molecule is Cc1cc2c3c(c1)N(c1ccccc1)c1sc4ccccc4c1B3N(c1ccccc1)c1cc(N(c3ccccc3)c3ccccc3)ccc1-2. The van der Waals surface area contributed by atoms with Gasteiger partial charge in [0, 0.05) is 50.1 Å². The standard InChI is InChI=1S/C45H32BN3S/c1-31-28-39-37-27-26-36(47(32-16-6-2-7-17-32)33-18-8-3-9-19-33)30-40(37)49(35-22-12-5-13-23-35)46-43(39)41(29-31)48(34-20-10-4-11-21-34)45-44(46)38-24-14-15-25-42(38)50-45/h2-30H,1H3. The highest BCUT2D eigenvalue weighted by Crippen LogP contribution is 2.51. The lowest BCUT2D eigenvalue weighted by atomic mass is 9.43. The topological polar surface area (TPSA) is 9.72 Å². The molecule has 0 saturated heterocycles. The highest BCUT2D eigenvalue weighted by Gasteiger charge is 2.47. The van der Waals surface area contributed by atoms with E-state index in [2.05, 4.69) is 197 Å². The van der Waals surface area contributed by atoms with E-state index < -0.39 is 0 Å². The van der Waals surface area contributed by atoms with Gasteiger partial charge in [-0.05, 0) is 107 Å². The Bertz CT molecular complexity index is 2480. The van der Waals surface area contributed by atoms with Gasteiger partial charge in [0.1, 0.15) is 0 Å². The molecule has 0 aliphatic carbocycles. The Morgan fingerprint density at radius 3 is 1.78 bits per heavy atom. The van der Waals surface area contributed by atoms with Crippen molar-refractivity contribution < 1.29 is 0 Å². The van der Waals surface area contributed by atoms with Crippen LogP contribution in [-0.4, -0.2) is 6.85 Å². The van der Waals surface area contributed by atoms with Gasteiger partial charge in [0.05, 0.1) is 5.00 Å². The van der Waals surface area contributed by atoms with Gasteiger partial charge in [-0.15, -0.1) is 11.3 Å². The van der Waals surface area contributed by atoms with Crippen LogP contribution >= 0.6 is 11.3 Å². The number of fused-ring (bicyclic) bond motifs is 6.